The van der Waals surface area contributed by atoms with E-state index in [2.05, 4.69) is 36.7 Å². The zero-order valence-electron chi connectivity index (χ0n) is 23.0. The number of nitrogens with two attached hydrogens (primary N) is 1. The van der Waals surface area contributed by atoms with E-state index in [1.807, 2.05) is 22.9 Å². The number of anilines is 1. The van der Waals surface area contributed by atoms with Crippen LogP contribution in [0.5, 0.6) is 5.75 Å². The van der Waals surface area contributed by atoms with Crippen molar-refractivity contribution in [1.82, 2.24) is 29.6 Å². The molecule has 0 spiro atoms. The summed E-state index contributed by atoms with van der Waals surface area (Å²) in [5.74, 6) is -0.505. The molecule has 1 unspecified atom stereocenters. The highest BCUT2D eigenvalue weighted by Gasteiger charge is 2.58. The molecule has 3 aromatic heterocycles. The summed E-state index contributed by atoms with van der Waals surface area (Å²) in [6.45, 7) is 5.10. The first kappa shape index (κ1) is 29.6. The Morgan fingerprint density at radius 2 is 2.02 bits per heavy atom. The molecule has 0 saturated carbocycles. The molecule has 5 heterocycles. The van der Waals surface area contributed by atoms with Crippen LogP contribution in [0.15, 0.2) is 35.1 Å². The van der Waals surface area contributed by atoms with E-state index in [1.54, 1.807) is 6.07 Å². The SMILES string of the molecule is CN1CC(Cc2cn3cc(OCCO/N=C(\C(=O)NC4C(=O)N(OS(=O)(=O)O)C4(C)C)c4csc(N)n4)ccc3n2)C1. The van der Waals surface area contributed by atoms with Gasteiger partial charge >= 0.3 is 10.4 Å². The van der Waals surface area contributed by atoms with Crippen molar-refractivity contribution < 1.29 is 36.4 Å². The minimum Gasteiger partial charge on any atom is -0.488 e. The number of fused-ring (bicyclic) bond motifs is 1. The van der Waals surface area contributed by atoms with Crippen molar-refractivity contribution in [3.05, 3.63) is 41.3 Å². The number of nitrogens with zero attached hydrogens (tertiary/aromatic N) is 6. The lowest BCUT2D eigenvalue weighted by molar-refractivity contribution is -0.218. The molecule has 226 valence electrons. The zero-order valence-corrected chi connectivity index (χ0v) is 24.6. The normalized spacial score (nSPS) is 19.4. The fourth-order valence-electron chi connectivity index (χ4n) is 4.79. The second-order valence-electron chi connectivity index (χ2n) is 10.5. The first-order chi connectivity index (χ1) is 19.8. The van der Waals surface area contributed by atoms with Crippen LogP contribution in [-0.2, 0) is 35.5 Å². The van der Waals surface area contributed by atoms with Crippen molar-refractivity contribution in [2.45, 2.75) is 31.8 Å². The number of likely N-dealkylation sites (tertiary alicyclic amines) is 1. The van der Waals surface area contributed by atoms with Crippen LogP contribution in [0.3, 0.4) is 0 Å². The Kier molecular flexibility index (Phi) is 8.08. The molecule has 2 saturated heterocycles. The molecular formula is C24H30N8O8S2. The maximum absolute atomic E-state index is 13.1. The third-order valence-corrected chi connectivity index (χ3v) is 7.82. The van der Waals surface area contributed by atoms with Crippen molar-refractivity contribution in [2.75, 3.05) is 39.1 Å². The molecule has 0 aliphatic carbocycles. The van der Waals surface area contributed by atoms with E-state index in [9.17, 15) is 18.0 Å². The van der Waals surface area contributed by atoms with Crippen LogP contribution in [0.2, 0.25) is 0 Å². The number of hydrogen-bond donors (Lipinski definition) is 3. The van der Waals surface area contributed by atoms with Gasteiger partial charge in [0.25, 0.3) is 11.8 Å². The number of amides is 2. The van der Waals surface area contributed by atoms with E-state index in [-0.39, 0.29) is 29.8 Å². The average Bonchev–Trinajstić information content (AvgIpc) is 3.51. The van der Waals surface area contributed by atoms with Crippen LogP contribution in [0.1, 0.15) is 25.2 Å². The number of carbonyl (C=O) groups excluding carboxylic acids is 2. The van der Waals surface area contributed by atoms with Crippen LogP contribution < -0.4 is 15.8 Å². The number of ether oxygens (including phenoxy) is 1. The minimum absolute atomic E-state index is 0.0252. The Labute approximate surface area is 244 Å². The van der Waals surface area contributed by atoms with E-state index < -0.39 is 33.8 Å². The van der Waals surface area contributed by atoms with E-state index >= 15 is 0 Å². The molecule has 2 fully saturated rings. The van der Waals surface area contributed by atoms with Gasteiger partial charge in [-0.1, -0.05) is 5.16 Å². The van der Waals surface area contributed by atoms with Crippen molar-refractivity contribution in [1.29, 1.82) is 0 Å². The van der Waals surface area contributed by atoms with Gasteiger partial charge in [0.15, 0.2) is 17.5 Å². The van der Waals surface area contributed by atoms with Crippen molar-refractivity contribution in [3.63, 3.8) is 0 Å². The number of nitrogens with one attached hydrogen (secondary N) is 1. The predicted molar refractivity (Wildman–Crippen MR) is 150 cm³/mol. The number of oxime groups is 1. The molecule has 2 aliphatic rings. The molecule has 3 aromatic rings. The summed E-state index contributed by atoms with van der Waals surface area (Å²) in [6, 6.07) is 2.48. The number of β-lactam (4-membered cyclic amide) rings is 1. The summed E-state index contributed by atoms with van der Waals surface area (Å²) < 4.78 is 43.0. The lowest BCUT2D eigenvalue weighted by atomic mass is 9.84. The van der Waals surface area contributed by atoms with Gasteiger partial charge in [0, 0.05) is 24.7 Å². The third kappa shape index (κ3) is 6.46. The Bertz CT molecular complexity index is 1630. The first-order valence-electron chi connectivity index (χ1n) is 12.8. The van der Waals surface area contributed by atoms with E-state index in [0.717, 1.165) is 42.2 Å². The largest absolute Gasteiger partial charge is 0.488 e. The number of hydrogen-bond acceptors (Lipinski definition) is 13. The standard InChI is InChI=1S/C24H30N8O8S2/c1-24(2)20(22(34)32(24)40-42(35,36)37)28-21(33)19(17-13-41-23(25)27-17)29-39-7-6-38-16-4-5-18-26-15(11-31(18)12-16)8-14-9-30(3)10-14/h4-5,11-14,20H,6-10H2,1-3H3,(H2,25,27)(H,28,33)(H,35,36,37)/b29-19-. The van der Waals surface area contributed by atoms with Gasteiger partial charge in [-0.2, -0.15) is 13.5 Å². The summed E-state index contributed by atoms with van der Waals surface area (Å²) in [7, 11) is -2.84. The number of aromatic nitrogens is 3. The minimum atomic E-state index is -4.94. The summed E-state index contributed by atoms with van der Waals surface area (Å²) in [4.78, 5) is 41.8. The molecule has 2 amide bonds. The molecule has 16 nitrogen and oxygen atoms in total. The van der Waals surface area contributed by atoms with Crippen LogP contribution in [0.4, 0.5) is 5.13 Å². The lowest BCUT2D eigenvalue weighted by Crippen LogP contribution is -2.76. The van der Waals surface area contributed by atoms with Gasteiger partial charge in [-0.15, -0.1) is 15.6 Å². The molecule has 4 N–H and O–H groups in total. The van der Waals surface area contributed by atoms with Gasteiger partial charge in [0.2, 0.25) is 0 Å². The van der Waals surface area contributed by atoms with Crippen LogP contribution >= 0.6 is 11.3 Å². The Morgan fingerprint density at radius 1 is 1.26 bits per heavy atom. The highest BCUT2D eigenvalue weighted by atomic mass is 32.3. The molecular weight excluding hydrogens is 592 g/mol. The fourth-order valence-corrected chi connectivity index (χ4v) is 5.79. The number of thiazole rings is 1. The summed E-state index contributed by atoms with van der Waals surface area (Å²) in [5, 5.41) is 8.50. The highest BCUT2D eigenvalue weighted by molar-refractivity contribution is 7.80. The molecule has 0 radical (unpaired) electrons. The van der Waals surface area contributed by atoms with Crippen LogP contribution in [0, 0.1) is 5.92 Å². The third-order valence-electron chi connectivity index (χ3n) is 6.81. The van der Waals surface area contributed by atoms with Gasteiger partial charge < -0.3 is 29.9 Å². The number of pyridine rings is 1. The average molecular weight is 623 g/mol. The molecule has 42 heavy (non-hydrogen) atoms. The lowest BCUT2D eigenvalue weighted by Gasteiger charge is -2.50. The predicted octanol–water partition coefficient (Wildman–Crippen LogP) is 0.117. The van der Waals surface area contributed by atoms with Gasteiger partial charge in [-0.25, -0.2) is 9.97 Å². The molecule has 5 rings (SSSR count). The van der Waals surface area contributed by atoms with Gasteiger partial charge in [0.1, 0.15) is 29.7 Å². The Morgan fingerprint density at radius 3 is 2.67 bits per heavy atom. The maximum atomic E-state index is 13.1. The summed E-state index contributed by atoms with van der Waals surface area (Å²) in [6.07, 6.45) is 4.75. The van der Waals surface area contributed by atoms with Crippen LogP contribution in [0.25, 0.3) is 5.65 Å². The monoisotopic (exact) mass is 622 g/mol. The first-order valence-corrected chi connectivity index (χ1v) is 15.1. The number of hydroxylamine groups is 2. The van der Waals surface area contributed by atoms with Gasteiger partial charge in [0.05, 0.1) is 17.4 Å². The molecule has 1 atom stereocenters. The van der Waals surface area contributed by atoms with E-state index in [1.165, 1.54) is 19.2 Å². The number of carbonyl (C=O) groups is 2. The Balaban J connectivity index is 1.18. The quantitative estimate of drug-likeness (QED) is 0.0810. The smallest absolute Gasteiger partial charge is 0.418 e. The molecule has 0 aromatic carbocycles. The highest BCUT2D eigenvalue weighted by Crippen LogP contribution is 2.33. The second-order valence-corrected chi connectivity index (χ2v) is 12.4. The molecule has 18 heteroatoms. The Hall–Kier alpha value is -3.84. The maximum Gasteiger partial charge on any atom is 0.418 e. The molecule has 0 bridgehead atoms. The number of rotatable bonds is 12. The molecule has 2 aliphatic heterocycles. The van der Waals surface area contributed by atoms with Gasteiger partial charge in [-0.3, -0.25) is 14.1 Å². The van der Waals surface area contributed by atoms with Crippen molar-refractivity contribution in [2.24, 2.45) is 11.1 Å². The number of imidazole rings is 1. The van der Waals surface area contributed by atoms with Crippen molar-refractivity contribution >= 4 is 50.0 Å². The fraction of sp³-hybridized carbons (Fsp3) is 0.458. The van der Waals surface area contributed by atoms with E-state index in [0.29, 0.717) is 16.7 Å². The summed E-state index contributed by atoms with van der Waals surface area (Å²) >= 11 is 1.07. The summed E-state index contributed by atoms with van der Waals surface area (Å²) in [5.41, 5.74) is 6.11. The number of nitrogen functional groups attached to an aromatic ring is 1. The van der Waals surface area contributed by atoms with Crippen LogP contribution in [-0.4, -0.2) is 99.8 Å². The van der Waals surface area contributed by atoms with Crippen molar-refractivity contribution in [3.8, 4) is 5.75 Å². The second kappa shape index (κ2) is 11.4. The van der Waals surface area contributed by atoms with E-state index in [4.69, 9.17) is 19.9 Å². The topological polar surface area (TPSA) is 203 Å². The van der Waals surface area contributed by atoms with Gasteiger partial charge in [-0.05, 0) is 45.4 Å². The zero-order chi connectivity index (χ0) is 30.2.